The van der Waals surface area contributed by atoms with E-state index in [9.17, 15) is 9.18 Å². The number of carbonyl (C=O) groups excluding carboxylic acids is 1. The third kappa shape index (κ3) is 5.71. The number of esters is 1. The molecule has 1 aromatic heterocycles. The van der Waals surface area contributed by atoms with E-state index < -0.39 is 5.82 Å². The third-order valence-corrected chi connectivity index (χ3v) is 8.88. The Hall–Kier alpha value is -1.22. The number of ether oxygens (including phenoxy) is 1. The van der Waals surface area contributed by atoms with Crippen LogP contribution in [0.15, 0.2) is 10.5 Å². The normalized spacial score (nSPS) is 20.2. The summed E-state index contributed by atoms with van der Waals surface area (Å²) in [5.41, 5.74) is 0.0447. The lowest BCUT2D eigenvalue weighted by molar-refractivity contribution is -0.179. The van der Waals surface area contributed by atoms with Crippen LogP contribution in [0.5, 0.6) is 0 Å². The number of piperidine rings is 1. The van der Waals surface area contributed by atoms with E-state index in [1.807, 2.05) is 6.92 Å². The van der Waals surface area contributed by atoms with Crippen LogP contribution in [0.2, 0.25) is 10.3 Å². The molecule has 0 bridgehead atoms. The molecule has 2 aliphatic heterocycles. The highest BCUT2D eigenvalue weighted by atomic mass is 79.9. The second kappa shape index (κ2) is 11.4. The van der Waals surface area contributed by atoms with Gasteiger partial charge in [0.25, 0.3) is 0 Å². The number of benzene rings is 1. The van der Waals surface area contributed by atoms with Crippen LogP contribution in [-0.2, 0) is 9.53 Å². The second-order valence-corrected chi connectivity index (χ2v) is 11.4. The van der Waals surface area contributed by atoms with Gasteiger partial charge in [0, 0.05) is 30.4 Å². The predicted octanol–water partition coefficient (Wildman–Crippen LogP) is 6.89. The molecule has 1 N–H and O–H groups in total. The Morgan fingerprint density at radius 2 is 2.00 bits per heavy atom. The maximum atomic E-state index is 14.8. The first-order chi connectivity index (χ1) is 16.8. The molecule has 2 atom stereocenters. The maximum absolute atomic E-state index is 14.8. The van der Waals surface area contributed by atoms with Crippen LogP contribution < -0.4 is 10.2 Å². The molecule has 2 aromatic rings. The van der Waals surface area contributed by atoms with E-state index in [1.165, 1.54) is 25.7 Å². The molecular weight excluding hydrogens is 558 g/mol. The number of nitrogens with one attached hydrogen (secondary N) is 1. The first-order valence-corrected chi connectivity index (χ1v) is 14.0. The van der Waals surface area contributed by atoms with Crippen molar-refractivity contribution in [1.82, 2.24) is 15.3 Å². The van der Waals surface area contributed by atoms with Crippen molar-refractivity contribution in [2.45, 2.75) is 71.4 Å². The molecule has 2 aliphatic rings. The van der Waals surface area contributed by atoms with Gasteiger partial charge in [-0.05, 0) is 52.9 Å². The summed E-state index contributed by atoms with van der Waals surface area (Å²) in [6, 6.07) is 1.67. The molecule has 1 aromatic carbocycles. The number of hydrogen-bond donors (Lipinski definition) is 1. The minimum atomic E-state index is -0.554. The number of rotatable bonds is 9. The molecule has 2 unspecified atom stereocenters. The number of aromatic nitrogens is 2. The molecule has 0 saturated carbocycles. The second-order valence-electron chi connectivity index (χ2n) is 9.85. The van der Waals surface area contributed by atoms with Crippen molar-refractivity contribution < 1.29 is 13.9 Å². The summed E-state index contributed by atoms with van der Waals surface area (Å²) in [4.78, 5) is 23.3. The van der Waals surface area contributed by atoms with Crippen LogP contribution in [0, 0.1) is 17.2 Å². The topological polar surface area (TPSA) is 67.3 Å². The van der Waals surface area contributed by atoms with E-state index in [0.29, 0.717) is 24.3 Å². The lowest BCUT2D eigenvalue weighted by Gasteiger charge is -2.53. The third-order valence-electron chi connectivity index (χ3n) is 7.41. The minimum absolute atomic E-state index is 0.0123. The number of anilines is 1. The predicted molar refractivity (Wildman–Crippen MR) is 142 cm³/mol. The van der Waals surface area contributed by atoms with Crippen LogP contribution in [0.25, 0.3) is 10.9 Å². The van der Waals surface area contributed by atoms with Crippen LogP contribution in [0.1, 0.15) is 65.2 Å². The van der Waals surface area contributed by atoms with Gasteiger partial charge in [0.2, 0.25) is 5.28 Å². The highest BCUT2D eigenvalue weighted by molar-refractivity contribution is 9.10. The monoisotopic (exact) mass is 588 g/mol. The zero-order valence-electron chi connectivity index (χ0n) is 20.2. The number of fused-ring (bicyclic) bond motifs is 1. The molecule has 0 aliphatic carbocycles. The van der Waals surface area contributed by atoms with E-state index in [1.54, 1.807) is 6.07 Å². The highest BCUT2D eigenvalue weighted by Gasteiger charge is 2.51. The summed E-state index contributed by atoms with van der Waals surface area (Å²) in [6.07, 6.45) is 8.16. The van der Waals surface area contributed by atoms with Crippen molar-refractivity contribution in [3.05, 3.63) is 26.7 Å². The Bertz CT molecular complexity index is 1080. The number of nitrogens with zero attached hydrogens (tertiary/aromatic N) is 3. The highest BCUT2D eigenvalue weighted by Crippen LogP contribution is 2.43. The molecular formula is C25H32BrCl2FN4O2. The molecule has 0 radical (unpaired) electrons. The Morgan fingerprint density at radius 1 is 1.29 bits per heavy atom. The summed E-state index contributed by atoms with van der Waals surface area (Å²) in [7, 11) is 0. The molecule has 2 saturated heterocycles. The van der Waals surface area contributed by atoms with Crippen molar-refractivity contribution in [1.29, 1.82) is 0 Å². The van der Waals surface area contributed by atoms with Gasteiger partial charge < -0.3 is 9.64 Å². The fourth-order valence-electron chi connectivity index (χ4n) is 5.02. The summed E-state index contributed by atoms with van der Waals surface area (Å²) in [5, 5.41) is 4.08. The lowest BCUT2D eigenvalue weighted by atomic mass is 9.71. The molecule has 2 fully saturated rings. The SMILES string of the molecule is CCCCCCCC(C)C(=O)OC1NCC12CCN(c1nc(Cl)nc3c(F)c(Br)c(Cl)cc13)CC2. The summed E-state index contributed by atoms with van der Waals surface area (Å²) in [6.45, 7) is 6.33. The van der Waals surface area contributed by atoms with Gasteiger partial charge in [-0.1, -0.05) is 57.6 Å². The fraction of sp³-hybridized carbons (Fsp3) is 0.640. The van der Waals surface area contributed by atoms with E-state index in [-0.39, 0.29) is 43.8 Å². The molecule has 6 nitrogen and oxygen atoms in total. The summed E-state index contributed by atoms with van der Waals surface area (Å²) < 4.78 is 20.9. The zero-order valence-corrected chi connectivity index (χ0v) is 23.3. The van der Waals surface area contributed by atoms with Gasteiger partial charge in [-0.3, -0.25) is 10.1 Å². The number of carbonyl (C=O) groups is 1. The average molecular weight is 590 g/mol. The van der Waals surface area contributed by atoms with Gasteiger partial charge in [-0.2, -0.15) is 4.98 Å². The summed E-state index contributed by atoms with van der Waals surface area (Å²) in [5.74, 6) is -0.199. The molecule has 0 amide bonds. The van der Waals surface area contributed by atoms with Gasteiger partial charge in [0.15, 0.2) is 12.0 Å². The minimum Gasteiger partial charge on any atom is -0.446 e. The maximum Gasteiger partial charge on any atom is 0.310 e. The lowest BCUT2D eigenvalue weighted by Crippen LogP contribution is -2.67. The van der Waals surface area contributed by atoms with E-state index in [0.717, 1.165) is 32.2 Å². The van der Waals surface area contributed by atoms with Crippen molar-refractivity contribution in [3.8, 4) is 0 Å². The standard InChI is InChI=1S/C25H32BrCl2FN4O2/c1-3-4-5-6-7-8-15(2)22(34)35-23-25(14-30-23)9-11-33(12-10-25)21-16-13-17(27)18(26)19(29)20(16)31-24(28)32-21/h13,15,23,30H,3-12,14H2,1-2H3. The van der Waals surface area contributed by atoms with E-state index in [4.69, 9.17) is 27.9 Å². The van der Waals surface area contributed by atoms with Gasteiger partial charge in [-0.25, -0.2) is 9.37 Å². The Kier molecular flexibility index (Phi) is 8.78. The Balaban J connectivity index is 1.38. The van der Waals surface area contributed by atoms with Gasteiger partial charge in [0.1, 0.15) is 11.3 Å². The van der Waals surface area contributed by atoms with E-state index in [2.05, 4.69) is 43.0 Å². The number of unbranched alkanes of at least 4 members (excludes halogenated alkanes) is 4. The molecule has 10 heteroatoms. The van der Waals surface area contributed by atoms with Crippen LogP contribution in [0.4, 0.5) is 10.2 Å². The van der Waals surface area contributed by atoms with E-state index >= 15 is 0 Å². The first kappa shape index (κ1) is 26.8. The molecule has 3 heterocycles. The number of halogens is 4. The molecule has 35 heavy (non-hydrogen) atoms. The van der Waals surface area contributed by atoms with Gasteiger partial charge in [-0.15, -0.1) is 0 Å². The van der Waals surface area contributed by atoms with Crippen molar-refractivity contribution in [2.24, 2.45) is 11.3 Å². The first-order valence-electron chi connectivity index (χ1n) is 12.5. The van der Waals surface area contributed by atoms with Crippen molar-refractivity contribution >= 4 is 61.8 Å². The van der Waals surface area contributed by atoms with Crippen molar-refractivity contribution in [2.75, 3.05) is 24.5 Å². The Morgan fingerprint density at radius 3 is 2.66 bits per heavy atom. The van der Waals surface area contributed by atoms with Crippen molar-refractivity contribution in [3.63, 3.8) is 0 Å². The molecule has 4 rings (SSSR count). The smallest absolute Gasteiger partial charge is 0.310 e. The molecule has 192 valence electrons. The Labute approximate surface area is 224 Å². The van der Waals surface area contributed by atoms with Gasteiger partial charge in [0.05, 0.1) is 15.4 Å². The fourth-order valence-corrected chi connectivity index (χ4v) is 5.68. The number of hydrogen-bond acceptors (Lipinski definition) is 6. The molecule has 1 spiro atoms. The summed E-state index contributed by atoms with van der Waals surface area (Å²) >= 11 is 15.5. The average Bonchev–Trinajstić information content (AvgIpc) is 2.85. The quantitative estimate of drug-likeness (QED) is 0.149. The van der Waals surface area contributed by atoms with Gasteiger partial charge >= 0.3 is 5.97 Å². The largest absolute Gasteiger partial charge is 0.446 e. The van der Waals surface area contributed by atoms with Crippen LogP contribution >= 0.6 is 39.1 Å². The zero-order chi connectivity index (χ0) is 25.2. The van der Waals surface area contributed by atoms with Crippen LogP contribution in [0.3, 0.4) is 0 Å². The van der Waals surface area contributed by atoms with Crippen LogP contribution in [-0.4, -0.2) is 41.8 Å².